The molecule has 0 amide bonds. The summed E-state index contributed by atoms with van der Waals surface area (Å²) in [4.78, 5) is 1.37. The van der Waals surface area contributed by atoms with Crippen molar-refractivity contribution in [3.05, 3.63) is 28.2 Å². The van der Waals surface area contributed by atoms with Crippen molar-refractivity contribution in [3.63, 3.8) is 0 Å². The molecule has 5 heteroatoms. The number of hydrogen-bond donors (Lipinski definition) is 0. The van der Waals surface area contributed by atoms with E-state index in [1.54, 1.807) is 11.3 Å². The van der Waals surface area contributed by atoms with Crippen LogP contribution >= 0.6 is 23.1 Å². The molecule has 0 radical (unpaired) electrons. The van der Waals surface area contributed by atoms with Gasteiger partial charge in [-0.15, -0.1) is 21.5 Å². The highest BCUT2D eigenvalue weighted by Crippen LogP contribution is 2.40. The molecule has 0 spiro atoms. The number of thioether (sulfide) groups is 1. The fourth-order valence-corrected chi connectivity index (χ4v) is 3.72. The van der Waals surface area contributed by atoms with Crippen LogP contribution in [0.1, 0.15) is 49.9 Å². The van der Waals surface area contributed by atoms with Crippen molar-refractivity contribution in [2.24, 2.45) is 0 Å². The normalized spacial score (nSPS) is 16.7. The summed E-state index contributed by atoms with van der Waals surface area (Å²) in [5.74, 6) is 1.13. The minimum absolute atomic E-state index is 0.608. The number of hydrogen-bond acceptors (Lipinski definition) is 4. The first-order chi connectivity index (χ1) is 9.28. The number of thiophene rings is 1. The van der Waals surface area contributed by atoms with E-state index in [9.17, 15) is 0 Å². The molecule has 102 valence electrons. The molecule has 0 N–H and O–H groups in total. The standard InChI is InChI=1S/C14H19N3S2/c1-3-10(2)19-14-16-15-13(17(14)11-6-7-11)9-12-5-4-8-18-12/h4-5,8,10-11H,3,6-7,9H2,1-2H3. The fourth-order valence-electron chi connectivity index (χ4n) is 2.04. The topological polar surface area (TPSA) is 30.7 Å². The van der Waals surface area contributed by atoms with Crippen LogP contribution in [0, 0.1) is 0 Å². The maximum absolute atomic E-state index is 4.44. The summed E-state index contributed by atoms with van der Waals surface area (Å²) >= 11 is 3.66. The second-order valence-corrected chi connectivity index (χ2v) is 7.53. The van der Waals surface area contributed by atoms with Gasteiger partial charge in [-0.05, 0) is 30.7 Å². The second kappa shape index (κ2) is 5.67. The third-order valence-corrected chi connectivity index (χ3v) is 5.54. The Bertz CT molecular complexity index is 529. The quantitative estimate of drug-likeness (QED) is 0.749. The molecule has 0 saturated heterocycles. The summed E-state index contributed by atoms with van der Waals surface area (Å²) < 4.78 is 2.39. The van der Waals surface area contributed by atoms with E-state index in [2.05, 4.69) is 46.1 Å². The fraction of sp³-hybridized carbons (Fsp3) is 0.571. The Hall–Kier alpha value is -0.810. The van der Waals surface area contributed by atoms with Crippen molar-refractivity contribution < 1.29 is 0 Å². The monoisotopic (exact) mass is 293 g/mol. The highest BCUT2D eigenvalue weighted by molar-refractivity contribution is 7.99. The Kier molecular flexibility index (Phi) is 3.93. The molecule has 1 atom stereocenters. The average molecular weight is 293 g/mol. The molecule has 1 aliphatic carbocycles. The number of nitrogens with zero attached hydrogens (tertiary/aromatic N) is 3. The van der Waals surface area contributed by atoms with Gasteiger partial charge in [0.15, 0.2) is 5.16 Å². The van der Waals surface area contributed by atoms with Crippen LogP contribution in [0.3, 0.4) is 0 Å². The van der Waals surface area contributed by atoms with E-state index in [4.69, 9.17) is 0 Å². The third-order valence-electron chi connectivity index (χ3n) is 3.44. The maximum atomic E-state index is 4.44. The highest BCUT2D eigenvalue weighted by atomic mass is 32.2. The van der Waals surface area contributed by atoms with Crippen LogP contribution in [-0.4, -0.2) is 20.0 Å². The van der Waals surface area contributed by atoms with Crippen molar-refractivity contribution in [3.8, 4) is 0 Å². The Morgan fingerprint density at radius 3 is 2.95 bits per heavy atom. The van der Waals surface area contributed by atoms with E-state index in [0.717, 1.165) is 17.4 Å². The lowest BCUT2D eigenvalue weighted by Gasteiger charge is -2.11. The predicted molar refractivity (Wildman–Crippen MR) is 81.0 cm³/mol. The SMILES string of the molecule is CCC(C)Sc1nnc(Cc2cccs2)n1C1CC1. The molecule has 0 aromatic carbocycles. The molecule has 1 unspecified atom stereocenters. The molecule has 2 heterocycles. The summed E-state index contributed by atoms with van der Waals surface area (Å²) in [5, 5.41) is 12.7. The number of aromatic nitrogens is 3. The van der Waals surface area contributed by atoms with Gasteiger partial charge in [0, 0.05) is 22.6 Å². The van der Waals surface area contributed by atoms with Gasteiger partial charge < -0.3 is 4.57 Å². The molecule has 1 fully saturated rings. The van der Waals surface area contributed by atoms with Crippen LogP contribution < -0.4 is 0 Å². The van der Waals surface area contributed by atoms with E-state index in [-0.39, 0.29) is 0 Å². The van der Waals surface area contributed by atoms with Gasteiger partial charge >= 0.3 is 0 Å². The van der Waals surface area contributed by atoms with E-state index < -0.39 is 0 Å². The minimum Gasteiger partial charge on any atom is -0.303 e. The molecule has 0 bridgehead atoms. The van der Waals surface area contributed by atoms with Gasteiger partial charge in [-0.2, -0.15) is 0 Å². The van der Waals surface area contributed by atoms with Crippen LogP contribution in [-0.2, 0) is 6.42 Å². The van der Waals surface area contributed by atoms with Gasteiger partial charge in [-0.3, -0.25) is 0 Å². The zero-order valence-electron chi connectivity index (χ0n) is 11.4. The Labute approximate surface area is 122 Å². The first-order valence-corrected chi connectivity index (χ1v) is 8.66. The zero-order valence-corrected chi connectivity index (χ0v) is 13.0. The molecule has 3 nitrogen and oxygen atoms in total. The summed E-state index contributed by atoms with van der Waals surface area (Å²) in [6, 6.07) is 4.93. The van der Waals surface area contributed by atoms with Crippen LogP contribution in [0.5, 0.6) is 0 Å². The van der Waals surface area contributed by atoms with Crippen molar-refractivity contribution in [2.45, 2.75) is 56.0 Å². The summed E-state index contributed by atoms with van der Waals surface area (Å²) in [7, 11) is 0. The molecule has 2 aromatic rings. The van der Waals surface area contributed by atoms with Crippen LogP contribution in [0.25, 0.3) is 0 Å². The summed E-state index contributed by atoms with van der Waals surface area (Å²) in [6.07, 6.45) is 4.65. The van der Waals surface area contributed by atoms with Gasteiger partial charge in [-0.1, -0.05) is 31.7 Å². The largest absolute Gasteiger partial charge is 0.303 e. The predicted octanol–water partition coefficient (Wildman–Crippen LogP) is 4.16. The smallest absolute Gasteiger partial charge is 0.191 e. The Morgan fingerprint density at radius 2 is 2.32 bits per heavy atom. The van der Waals surface area contributed by atoms with Crippen molar-refractivity contribution in [1.82, 2.24) is 14.8 Å². The maximum Gasteiger partial charge on any atom is 0.191 e. The van der Waals surface area contributed by atoms with Crippen molar-refractivity contribution in [2.75, 3.05) is 0 Å². The average Bonchev–Trinajstić information content (AvgIpc) is 2.97. The van der Waals surface area contributed by atoms with Crippen LogP contribution in [0.2, 0.25) is 0 Å². The lowest BCUT2D eigenvalue weighted by Crippen LogP contribution is -2.05. The summed E-state index contributed by atoms with van der Waals surface area (Å²) in [5.41, 5.74) is 0. The zero-order chi connectivity index (χ0) is 13.2. The van der Waals surface area contributed by atoms with Crippen LogP contribution in [0.4, 0.5) is 0 Å². The first-order valence-electron chi connectivity index (χ1n) is 6.90. The lowest BCUT2D eigenvalue weighted by molar-refractivity contribution is 0.633. The van der Waals surface area contributed by atoms with Gasteiger partial charge in [0.1, 0.15) is 5.82 Å². The Morgan fingerprint density at radius 1 is 1.47 bits per heavy atom. The lowest BCUT2D eigenvalue weighted by atomic mass is 10.3. The molecule has 19 heavy (non-hydrogen) atoms. The molecule has 2 aromatic heterocycles. The van der Waals surface area contributed by atoms with Crippen molar-refractivity contribution in [1.29, 1.82) is 0 Å². The molecule has 1 saturated carbocycles. The Balaban J connectivity index is 1.83. The van der Waals surface area contributed by atoms with E-state index in [1.807, 2.05) is 11.8 Å². The molecule has 3 rings (SSSR count). The van der Waals surface area contributed by atoms with Gasteiger partial charge in [0.25, 0.3) is 0 Å². The highest BCUT2D eigenvalue weighted by Gasteiger charge is 2.30. The third kappa shape index (κ3) is 3.03. The van der Waals surface area contributed by atoms with E-state index in [1.165, 1.54) is 24.1 Å². The van der Waals surface area contributed by atoms with Gasteiger partial charge in [0.05, 0.1) is 0 Å². The van der Waals surface area contributed by atoms with E-state index >= 15 is 0 Å². The molecular weight excluding hydrogens is 274 g/mol. The number of rotatable bonds is 6. The molecule has 0 aliphatic heterocycles. The second-order valence-electron chi connectivity index (χ2n) is 5.09. The van der Waals surface area contributed by atoms with Crippen molar-refractivity contribution >= 4 is 23.1 Å². The minimum atomic E-state index is 0.608. The van der Waals surface area contributed by atoms with E-state index in [0.29, 0.717) is 11.3 Å². The van der Waals surface area contributed by atoms with Gasteiger partial charge in [0.2, 0.25) is 0 Å². The molecular formula is C14H19N3S2. The molecule has 1 aliphatic rings. The summed E-state index contributed by atoms with van der Waals surface area (Å²) in [6.45, 7) is 4.48. The van der Waals surface area contributed by atoms with Gasteiger partial charge in [-0.25, -0.2) is 0 Å². The first kappa shape index (κ1) is 13.2. The van der Waals surface area contributed by atoms with Crippen LogP contribution in [0.15, 0.2) is 22.7 Å².